The van der Waals surface area contributed by atoms with Gasteiger partial charge in [0, 0.05) is 35.0 Å². The molecule has 1 amide bonds. The number of para-hydroxylation sites is 1. The molecule has 0 bridgehead atoms. The third-order valence-electron chi connectivity index (χ3n) is 5.52. The van der Waals surface area contributed by atoms with Crippen LogP contribution in [0.3, 0.4) is 0 Å². The Kier molecular flexibility index (Phi) is 6.72. The fourth-order valence-electron chi connectivity index (χ4n) is 3.60. The lowest BCUT2D eigenvalue weighted by Gasteiger charge is -2.08. The van der Waals surface area contributed by atoms with Crippen molar-refractivity contribution in [2.75, 3.05) is 7.05 Å². The van der Waals surface area contributed by atoms with Crippen LogP contribution in [0.1, 0.15) is 11.1 Å². The van der Waals surface area contributed by atoms with E-state index in [-0.39, 0.29) is 5.91 Å². The molecule has 2 heterocycles. The van der Waals surface area contributed by atoms with Crippen LogP contribution in [-0.4, -0.2) is 32.0 Å². The van der Waals surface area contributed by atoms with Crippen molar-refractivity contribution in [2.24, 2.45) is 0 Å². The number of benzene rings is 3. The molecule has 0 unspecified atom stereocenters. The minimum Gasteiger partial charge on any atom is -0.489 e. The highest BCUT2D eigenvalue weighted by atomic mass is 35.5. The molecule has 0 spiro atoms. The Balaban J connectivity index is 1.46. The molecule has 174 valence electrons. The quantitative estimate of drug-likeness (QED) is 0.213. The van der Waals surface area contributed by atoms with E-state index in [1.807, 2.05) is 95.8 Å². The van der Waals surface area contributed by atoms with E-state index < -0.39 is 0 Å². The Labute approximate surface area is 218 Å². The molecule has 5 nitrogen and oxygen atoms in total. The van der Waals surface area contributed by atoms with Crippen molar-refractivity contribution in [3.8, 4) is 22.7 Å². The number of ether oxygens (including phenoxy) is 1. The second-order valence-electron chi connectivity index (χ2n) is 7.86. The van der Waals surface area contributed by atoms with Crippen molar-refractivity contribution in [2.45, 2.75) is 6.61 Å². The summed E-state index contributed by atoms with van der Waals surface area (Å²) in [5.41, 5.74) is 4.34. The molecule has 4 aromatic rings. The maximum atomic E-state index is 12.6. The summed E-state index contributed by atoms with van der Waals surface area (Å²) in [6.07, 6.45) is 3.78. The van der Waals surface area contributed by atoms with Crippen molar-refractivity contribution in [3.05, 3.63) is 106 Å². The van der Waals surface area contributed by atoms with E-state index in [2.05, 4.69) is 0 Å². The van der Waals surface area contributed by atoms with Gasteiger partial charge in [-0.25, -0.2) is 4.68 Å². The fraction of sp³-hybridized carbons (Fsp3) is 0.0741. The molecule has 1 fully saturated rings. The van der Waals surface area contributed by atoms with Crippen molar-refractivity contribution < 1.29 is 9.53 Å². The number of halogens is 1. The SMILES string of the molecule is CN1C(=O)C(=Cc2cn(-c3ccccc3)nc2-c2ccc(OCc3ccccc3Cl)cc2)SC1=S. The number of carbonyl (C=O) groups is 1. The Bertz CT molecular complexity index is 1430. The van der Waals surface area contributed by atoms with Crippen LogP contribution in [0, 0.1) is 0 Å². The number of carbonyl (C=O) groups excluding carboxylic acids is 1. The Morgan fingerprint density at radius 3 is 2.43 bits per heavy atom. The average molecular weight is 518 g/mol. The lowest BCUT2D eigenvalue weighted by molar-refractivity contribution is -0.121. The van der Waals surface area contributed by atoms with Gasteiger partial charge in [0.2, 0.25) is 0 Å². The number of thioether (sulfide) groups is 1. The molecular formula is C27H20ClN3O2S2. The number of hydrogen-bond acceptors (Lipinski definition) is 5. The third-order valence-corrected chi connectivity index (χ3v) is 7.37. The highest BCUT2D eigenvalue weighted by Gasteiger charge is 2.29. The highest BCUT2D eigenvalue weighted by Crippen LogP contribution is 2.34. The largest absolute Gasteiger partial charge is 0.489 e. The zero-order chi connectivity index (χ0) is 24.4. The normalized spacial score (nSPS) is 14.7. The van der Waals surface area contributed by atoms with Gasteiger partial charge in [0.15, 0.2) is 0 Å². The van der Waals surface area contributed by atoms with Gasteiger partial charge < -0.3 is 4.74 Å². The molecule has 1 aliphatic heterocycles. The van der Waals surface area contributed by atoms with E-state index >= 15 is 0 Å². The Hall–Kier alpha value is -3.39. The summed E-state index contributed by atoms with van der Waals surface area (Å²) in [6, 6.07) is 25.2. The molecular weight excluding hydrogens is 498 g/mol. The number of amides is 1. The topological polar surface area (TPSA) is 47.4 Å². The summed E-state index contributed by atoms with van der Waals surface area (Å²) < 4.78 is 8.28. The van der Waals surface area contributed by atoms with Gasteiger partial charge in [-0.3, -0.25) is 9.69 Å². The third kappa shape index (κ3) is 5.03. The van der Waals surface area contributed by atoms with Crippen LogP contribution < -0.4 is 4.74 Å². The summed E-state index contributed by atoms with van der Waals surface area (Å²) in [5, 5.41) is 5.52. The molecule has 3 aromatic carbocycles. The number of aromatic nitrogens is 2. The lowest BCUT2D eigenvalue weighted by atomic mass is 10.1. The minimum atomic E-state index is -0.110. The van der Waals surface area contributed by atoms with Gasteiger partial charge in [-0.2, -0.15) is 5.10 Å². The van der Waals surface area contributed by atoms with E-state index in [9.17, 15) is 4.79 Å². The van der Waals surface area contributed by atoms with E-state index in [0.717, 1.165) is 33.8 Å². The first-order valence-corrected chi connectivity index (χ1v) is 12.4. The molecule has 0 atom stereocenters. The van der Waals surface area contributed by atoms with Crippen LogP contribution in [0.25, 0.3) is 23.0 Å². The van der Waals surface area contributed by atoms with Crippen molar-refractivity contribution in [3.63, 3.8) is 0 Å². The molecule has 1 aliphatic rings. The number of thiocarbonyl (C=S) groups is 1. The maximum Gasteiger partial charge on any atom is 0.265 e. The molecule has 0 N–H and O–H groups in total. The van der Waals surface area contributed by atoms with Gasteiger partial charge in [0.25, 0.3) is 5.91 Å². The molecule has 1 saturated heterocycles. The van der Waals surface area contributed by atoms with Crippen LogP contribution >= 0.6 is 35.6 Å². The summed E-state index contributed by atoms with van der Waals surface area (Å²) >= 11 is 12.8. The van der Waals surface area contributed by atoms with Gasteiger partial charge in [0.1, 0.15) is 16.7 Å². The number of likely N-dealkylation sites (N-methyl/N-ethyl adjacent to an activating group) is 1. The second-order valence-corrected chi connectivity index (χ2v) is 9.94. The molecule has 35 heavy (non-hydrogen) atoms. The van der Waals surface area contributed by atoms with Gasteiger partial charge in [0.05, 0.1) is 16.3 Å². The standard InChI is InChI=1S/C27H20ClN3O2S2/c1-30-26(32)24(35-27(30)34)15-20-16-31(21-8-3-2-4-9-21)29-25(20)18-11-13-22(14-12-18)33-17-19-7-5-6-10-23(19)28/h2-16H,17H2,1H3. The number of rotatable bonds is 6. The summed E-state index contributed by atoms with van der Waals surface area (Å²) in [5.74, 6) is 0.617. The predicted octanol–water partition coefficient (Wildman–Crippen LogP) is 6.60. The molecule has 0 aliphatic carbocycles. The first kappa shape index (κ1) is 23.4. The first-order valence-electron chi connectivity index (χ1n) is 10.8. The second kappa shape index (κ2) is 10.1. The Morgan fingerprint density at radius 1 is 1.03 bits per heavy atom. The van der Waals surface area contributed by atoms with Crippen LogP contribution in [0.15, 0.2) is 90.0 Å². The van der Waals surface area contributed by atoms with E-state index in [1.165, 1.54) is 16.7 Å². The average Bonchev–Trinajstić information content (AvgIpc) is 3.41. The molecule has 0 radical (unpaired) electrons. The predicted molar refractivity (Wildman–Crippen MR) is 146 cm³/mol. The molecule has 8 heteroatoms. The van der Waals surface area contributed by atoms with Crippen LogP contribution in [-0.2, 0) is 11.4 Å². The number of hydrogen-bond donors (Lipinski definition) is 0. The van der Waals surface area contributed by atoms with E-state index in [4.69, 9.17) is 33.7 Å². The van der Waals surface area contributed by atoms with E-state index in [0.29, 0.717) is 20.9 Å². The maximum absolute atomic E-state index is 12.6. The van der Waals surface area contributed by atoms with Gasteiger partial charge in [-0.05, 0) is 48.5 Å². The number of nitrogens with zero attached hydrogens (tertiary/aromatic N) is 3. The smallest absolute Gasteiger partial charge is 0.265 e. The molecule has 0 saturated carbocycles. The van der Waals surface area contributed by atoms with Gasteiger partial charge >= 0.3 is 0 Å². The molecule has 5 rings (SSSR count). The zero-order valence-electron chi connectivity index (χ0n) is 18.7. The lowest BCUT2D eigenvalue weighted by Crippen LogP contribution is -2.22. The van der Waals surface area contributed by atoms with Crippen LogP contribution in [0.5, 0.6) is 5.75 Å². The monoisotopic (exact) mass is 517 g/mol. The fourth-order valence-corrected chi connectivity index (χ4v) is 4.96. The molecule has 1 aromatic heterocycles. The van der Waals surface area contributed by atoms with Crippen molar-refractivity contribution in [1.29, 1.82) is 0 Å². The van der Waals surface area contributed by atoms with Crippen molar-refractivity contribution >= 4 is 51.9 Å². The first-order chi connectivity index (χ1) is 17.0. The van der Waals surface area contributed by atoms with Gasteiger partial charge in [-0.1, -0.05) is 72.0 Å². The van der Waals surface area contributed by atoms with Crippen LogP contribution in [0.4, 0.5) is 0 Å². The summed E-state index contributed by atoms with van der Waals surface area (Å²) in [4.78, 5) is 14.7. The van der Waals surface area contributed by atoms with Gasteiger partial charge in [-0.15, -0.1) is 0 Å². The van der Waals surface area contributed by atoms with Crippen molar-refractivity contribution in [1.82, 2.24) is 14.7 Å². The zero-order valence-corrected chi connectivity index (χ0v) is 21.1. The highest BCUT2D eigenvalue weighted by molar-refractivity contribution is 8.26. The summed E-state index contributed by atoms with van der Waals surface area (Å²) in [7, 11) is 1.69. The Morgan fingerprint density at radius 2 is 1.74 bits per heavy atom. The van der Waals surface area contributed by atoms with E-state index in [1.54, 1.807) is 7.05 Å². The van der Waals surface area contributed by atoms with Crippen LogP contribution in [0.2, 0.25) is 5.02 Å². The summed E-state index contributed by atoms with van der Waals surface area (Å²) in [6.45, 7) is 0.381. The minimum absolute atomic E-state index is 0.110.